The highest BCUT2D eigenvalue weighted by atomic mass is 16.5. The number of nitrogen functional groups attached to an aromatic ring is 1. The lowest BCUT2D eigenvalue weighted by Gasteiger charge is -2.05. The number of hydrogen-bond donors (Lipinski definition) is 3. The molecule has 0 aliphatic heterocycles. The molecule has 0 unspecified atom stereocenters. The lowest BCUT2D eigenvalue weighted by Crippen LogP contribution is -2.24. The first-order chi connectivity index (χ1) is 9.11. The van der Waals surface area contributed by atoms with Gasteiger partial charge in [-0.15, -0.1) is 0 Å². The van der Waals surface area contributed by atoms with Crippen LogP contribution in [0, 0.1) is 5.41 Å². The molecule has 1 aromatic carbocycles. The molecule has 6 nitrogen and oxygen atoms in total. The van der Waals surface area contributed by atoms with E-state index in [0.717, 1.165) is 11.3 Å². The number of nitrogens with zero attached hydrogens (tertiary/aromatic N) is 1. The molecule has 19 heavy (non-hydrogen) atoms. The normalized spacial score (nSPS) is 10.2. The first-order valence-corrected chi connectivity index (χ1v) is 5.79. The molecule has 0 spiro atoms. The van der Waals surface area contributed by atoms with E-state index < -0.39 is 5.56 Å². The van der Waals surface area contributed by atoms with Crippen molar-refractivity contribution in [1.29, 1.82) is 5.41 Å². The van der Waals surface area contributed by atoms with Crippen LogP contribution in [-0.2, 0) is 0 Å². The van der Waals surface area contributed by atoms with E-state index >= 15 is 0 Å². The van der Waals surface area contributed by atoms with Gasteiger partial charge >= 0.3 is 0 Å². The molecule has 6 heteroatoms. The van der Waals surface area contributed by atoms with Crippen LogP contribution in [-0.4, -0.2) is 22.6 Å². The molecule has 0 aliphatic carbocycles. The second kappa shape index (κ2) is 5.34. The molecule has 0 radical (unpaired) electrons. The zero-order chi connectivity index (χ0) is 13.8. The van der Waals surface area contributed by atoms with Gasteiger partial charge in [0.15, 0.2) is 0 Å². The highest BCUT2D eigenvalue weighted by Gasteiger charge is 2.07. The van der Waals surface area contributed by atoms with Crippen LogP contribution in [0.3, 0.4) is 0 Å². The summed E-state index contributed by atoms with van der Waals surface area (Å²) in [5.74, 6) is 0.485. The van der Waals surface area contributed by atoms with E-state index in [-0.39, 0.29) is 11.4 Å². The first kappa shape index (κ1) is 12.8. The molecule has 0 atom stereocenters. The molecule has 4 N–H and O–H groups in total. The van der Waals surface area contributed by atoms with Crippen molar-refractivity contribution in [2.24, 2.45) is 5.73 Å². The predicted molar refractivity (Wildman–Crippen MR) is 72.5 cm³/mol. The van der Waals surface area contributed by atoms with Crippen LogP contribution in [0.4, 0.5) is 0 Å². The number of H-pyrrole nitrogens is 1. The topological polar surface area (TPSA) is 105 Å². The molecule has 0 saturated carbocycles. The van der Waals surface area contributed by atoms with E-state index in [1.54, 1.807) is 0 Å². The van der Waals surface area contributed by atoms with Gasteiger partial charge in [-0.3, -0.25) is 10.2 Å². The fourth-order valence-corrected chi connectivity index (χ4v) is 1.64. The van der Waals surface area contributed by atoms with Crippen molar-refractivity contribution in [2.45, 2.75) is 6.92 Å². The number of nitrogens with two attached hydrogens (primary N) is 1. The Morgan fingerprint density at radius 3 is 2.68 bits per heavy atom. The Kier molecular flexibility index (Phi) is 3.61. The van der Waals surface area contributed by atoms with Crippen molar-refractivity contribution < 1.29 is 4.74 Å². The van der Waals surface area contributed by atoms with Crippen molar-refractivity contribution >= 4 is 5.84 Å². The van der Waals surface area contributed by atoms with Crippen LogP contribution < -0.4 is 16.0 Å². The van der Waals surface area contributed by atoms with Gasteiger partial charge in [0.2, 0.25) is 0 Å². The van der Waals surface area contributed by atoms with E-state index in [9.17, 15) is 4.79 Å². The van der Waals surface area contributed by atoms with Gasteiger partial charge in [0.25, 0.3) is 5.56 Å². The minimum atomic E-state index is -0.470. The van der Waals surface area contributed by atoms with Gasteiger partial charge in [-0.1, -0.05) is 0 Å². The lowest BCUT2D eigenvalue weighted by atomic mass is 10.1. The van der Waals surface area contributed by atoms with Gasteiger partial charge in [0.1, 0.15) is 11.6 Å². The fraction of sp³-hybridized carbons (Fsp3) is 0.154. The third kappa shape index (κ3) is 2.79. The molecule has 0 amide bonds. The molecule has 0 saturated heterocycles. The summed E-state index contributed by atoms with van der Waals surface area (Å²) in [6, 6.07) is 8.79. The molecular weight excluding hydrogens is 244 g/mol. The molecule has 2 rings (SSSR count). The largest absolute Gasteiger partial charge is 0.494 e. The van der Waals surface area contributed by atoms with E-state index in [4.69, 9.17) is 15.9 Å². The molecule has 1 aromatic heterocycles. The summed E-state index contributed by atoms with van der Waals surface area (Å²) >= 11 is 0. The number of ether oxygens (including phenoxy) is 1. The molecule has 0 aliphatic rings. The molecule has 2 aromatic rings. The van der Waals surface area contributed by atoms with Crippen molar-refractivity contribution in [3.8, 4) is 17.0 Å². The molecule has 98 valence electrons. The van der Waals surface area contributed by atoms with Gasteiger partial charge in [0, 0.05) is 5.56 Å². The number of rotatable bonds is 4. The van der Waals surface area contributed by atoms with E-state index in [1.165, 1.54) is 6.07 Å². The highest BCUT2D eigenvalue weighted by molar-refractivity contribution is 5.95. The second-order valence-corrected chi connectivity index (χ2v) is 3.87. The van der Waals surface area contributed by atoms with E-state index in [1.807, 2.05) is 31.2 Å². The third-order valence-corrected chi connectivity index (χ3v) is 2.55. The van der Waals surface area contributed by atoms with Crippen molar-refractivity contribution in [2.75, 3.05) is 6.61 Å². The quantitative estimate of drug-likeness (QED) is 0.564. The van der Waals surface area contributed by atoms with E-state index in [0.29, 0.717) is 12.3 Å². The zero-order valence-electron chi connectivity index (χ0n) is 10.4. The Balaban J connectivity index is 2.39. The van der Waals surface area contributed by atoms with Gasteiger partial charge < -0.3 is 10.5 Å². The minimum absolute atomic E-state index is 0.110. The van der Waals surface area contributed by atoms with Crippen LogP contribution in [0.1, 0.15) is 12.5 Å². The summed E-state index contributed by atoms with van der Waals surface area (Å²) in [6.07, 6.45) is 0. The monoisotopic (exact) mass is 258 g/mol. The fourth-order valence-electron chi connectivity index (χ4n) is 1.64. The van der Waals surface area contributed by atoms with Gasteiger partial charge in [0.05, 0.1) is 17.9 Å². The summed E-state index contributed by atoms with van der Waals surface area (Å²) in [5, 5.41) is 13.6. The third-order valence-electron chi connectivity index (χ3n) is 2.55. The smallest absolute Gasteiger partial charge is 0.275 e. The summed E-state index contributed by atoms with van der Waals surface area (Å²) < 4.78 is 5.35. The molecule has 0 fully saturated rings. The maximum Gasteiger partial charge on any atom is 0.275 e. The number of nitrogens with one attached hydrogen (secondary N) is 2. The average molecular weight is 258 g/mol. The molecule has 0 bridgehead atoms. The average Bonchev–Trinajstić information content (AvgIpc) is 2.40. The Morgan fingerprint density at radius 1 is 1.42 bits per heavy atom. The maximum absolute atomic E-state index is 11.4. The van der Waals surface area contributed by atoms with Crippen LogP contribution in [0.2, 0.25) is 0 Å². The van der Waals surface area contributed by atoms with Crippen LogP contribution in [0.15, 0.2) is 35.1 Å². The first-order valence-electron chi connectivity index (χ1n) is 5.79. The summed E-state index contributed by atoms with van der Waals surface area (Å²) in [7, 11) is 0. The number of hydrogen-bond acceptors (Lipinski definition) is 4. The maximum atomic E-state index is 11.4. The summed E-state index contributed by atoms with van der Waals surface area (Å²) in [4.78, 5) is 11.4. The standard InChI is InChI=1S/C13H14N4O2/c1-2-19-9-5-3-8(4-6-9)11-7-10(12(14)15)13(18)17-16-11/h3-7H,2H2,1H3,(H3,14,15)(H,17,18). The lowest BCUT2D eigenvalue weighted by molar-refractivity contribution is 0.340. The predicted octanol–water partition coefficient (Wildman–Crippen LogP) is 1.12. The Bertz CT molecular complexity index is 646. The molecular formula is C13H14N4O2. The van der Waals surface area contributed by atoms with Crippen molar-refractivity contribution in [3.63, 3.8) is 0 Å². The Hall–Kier alpha value is -2.63. The number of aromatic amines is 1. The SMILES string of the molecule is CCOc1ccc(-c2cc(C(=N)N)c(=O)[nH]n2)cc1. The van der Waals surface area contributed by atoms with Crippen LogP contribution in [0.5, 0.6) is 5.75 Å². The molecule has 1 heterocycles. The summed E-state index contributed by atoms with van der Waals surface area (Å²) in [5.41, 5.74) is 6.34. The van der Waals surface area contributed by atoms with Gasteiger partial charge in [-0.2, -0.15) is 5.10 Å². The Labute approximate surface area is 109 Å². The van der Waals surface area contributed by atoms with Gasteiger partial charge in [-0.25, -0.2) is 5.10 Å². The number of benzene rings is 1. The Morgan fingerprint density at radius 2 is 2.11 bits per heavy atom. The second-order valence-electron chi connectivity index (χ2n) is 3.87. The highest BCUT2D eigenvalue weighted by Crippen LogP contribution is 2.20. The van der Waals surface area contributed by atoms with E-state index in [2.05, 4.69) is 10.2 Å². The van der Waals surface area contributed by atoms with Crippen molar-refractivity contribution in [1.82, 2.24) is 10.2 Å². The van der Waals surface area contributed by atoms with Crippen LogP contribution >= 0.6 is 0 Å². The zero-order valence-corrected chi connectivity index (χ0v) is 10.4. The van der Waals surface area contributed by atoms with Crippen LogP contribution in [0.25, 0.3) is 11.3 Å². The number of aromatic nitrogens is 2. The summed E-state index contributed by atoms with van der Waals surface area (Å²) in [6.45, 7) is 2.52. The number of amidine groups is 1. The minimum Gasteiger partial charge on any atom is -0.494 e. The van der Waals surface area contributed by atoms with Gasteiger partial charge in [-0.05, 0) is 37.3 Å². The van der Waals surface area contributed by atoms with Crippen molar-refractivity contribution in [3.05, 3.63) is 46.2 Å².